The van der Waals surface area contributed by atoms with Crippen molar-refractivity contribution >= 4 is 27.6 Å². The average molecular weight is 306 g/mol. The molecule has 19 heavy (non-hydrogen) atoms. The molecule has 1 aromatic carbocycles. The van der Waals surface area contributed by atoms with E-state index < -0.39 is 16.0 Å². The highest BCUT2D eigenvalue weighted by Gasteiger charge is 2.20. The number of hydrogen-bond donors (Lipinski definition) is 1. The van der Waals surface area contributed by atoms with Crippen LogP contribution in [-0.4, -0.2) is 27.5 Å². The van der Waals surface area contributed by atoms with Crippen LogP contribution in [0.3, 0.4) is 0 Å². The van der Waals surface area contributed by atoms with E-state index in [2.05, 4.69) is 9.46 Å². The Morgan fingerprint density at radius 1 is 1.47 bits per heavy atom. The highest BCUT2D eigenvalue weighted by Crippen LogP contribution is 2.21. The van der Waals surface area contributed by atoms with Crippen LogP contribution in [0.2, 0.25) is 5.02 Å². The molecule has 0 aliphatic rings. The van der Waals surface area contributed by atoms with Crippen LogP contribution in [0.25, 0.3) is 0 Å². The molecule has 0 aliphatic carbocycles. The van der Waals surface area contributed by atoms with E-state index in [1.165, 1.54) is 25.3 Å². The van der Waals surface area contributed by atoms with Gasteiger partial charge in [0.05, 0.1) is 22.6 Å². The number of methoxy groups -OCH3 is 1. The molecule has 1 rings (SSSR count). The quantitative estimate of drug-likeness (QED) is 0.847. The van der Waals surface area contributed by atoms with E-state index in [1.807, 2.05) is 6.92 Å². The molecular weight excluding hydrogens is 290 g/mol. The fourth-order valence-corrected chi connectivity index (χ4v) is 2.90. The normalized spacial score (nSPS) is 13.1. The molecule has 0 heterocycles. The third-order valence-electron chi connectivity index (χ3n) is 2.62. The summed E-state index contributed by atoms with van der Waals surface area (Å²) in [6.07, 6.45) is 0.663. The Balaban J connectivity index is 3.18. The molecular formula is C12H16ClNO4S. The Hall–Kier alpha value is -1.11. The van der Waals surface area contributed by atoms with Gasteiger partial charge in [-0.15, -0.1) is 0 Å². The Bertz CT molecular complexity index is 571. The van der Waals surface area contributed by atoms with Gasteiger partial charge in [0.25, 0.3) is 0 Å². The fourth-order valence-electron chi connectivity index (χ4n) is 1.35. The van der Waals surface area contributed by atoms with E-state index in [-0.39, 0.29) is 21.5 Å². The van der Waals surface area contributed by atoms with Crippen molar-refractivity contribution in [2.45, 2.75) is 31.2 Å². The van der Waals surface area contributed by atoms with Crippen LogP contribution >= 0.6 is 11.6 Å². The first-order chi connectivity index (χ1) is 8.81. The number of nitrogens with one attached hydrogen (secondary N) is 1. The van der Waals surface area contributed by atoms with E-state index in [1.54, 1.807) is 6.92 Å². The maximum absolute atomic E-state index is 12.1. The van der Waals surface area contributed by atoms with Gasteiger partial charge in [0.1, 0.15) is 0 Å². The van der Waals surface area contributed by atoms with Crippen LogP contribution < -0.4 is 4.72 Å². The van der Waals surface area contributed by atoms with Gasteiger partial charge < -0.3 is 4.74 Å². The number of sulfonamides is 1. The zero-order chi connectivity index (χ0) is 14.6. The predicted molar refractivity (Wildman–Crippen MR) is 72.9 cm³/mol. The molecule has 0 amide bonds. The van der Waals surface area contributed by atoms with Crippen molar-refractivity contribution in [1.29, 1.82) is 0 Å². The summed E-state index contributed by atoms with van der Waals surface area (Å²) >= 11 is 5.84. The van der Waals surface area contributed by atoms with Gasteiger partial charge in [0.15, 0.2) is 0 Å². The molecule has 7 heteroatoms. The van der Waals surface area contributed by atoms with E-state index in [9.17, 15) is 13.2 Å². The molecule has 0 fully saturated rings. The van der Waals surface area contributed by atoms with Gasteiger partial charge in [-0.3, -0.25) is 0 Å². The lowest BCUT2D eigenvalue weighted by molar-refractivity contribution is 0.0600. The molecule has 0 saturated carbocycles. The molecule has 106 valence electrons. The van der Waals surface area contributed by atoms with Gasteiger partial charge in [-0.1, -0.05) is 18.5 Å². The van der Waals surface area contributed by atoms with E-state index in [0.717, 1.165) is 0 Å². The summed E-state index contributed by atoms with van der Waals surface area (Å²) in [5.41, 5.74) is 0.0243. The van der Waals surface area contributed by atoms with Crippen LogP contribution in [0, 0.1) is 0 Å². The number of ether oxygens (including phenoxy) is 1. The van der Waals surface area contributed by atoms with Crippen molar-refractivity contribution in [2.24, 2.45) is 0 Å². The van der Waals surface area contributed by atoms with E-state index >= 15 is 0 Å². The van der Waals surface area contributed by atoms with Gasteiger partial charge in [-0.05, 0) is 31.5 Å². The minimum Gasteiger partial charge on any atom is -0.465 e. The number of carbonyl (C=O) groups is 1. The fraction of sp³-hybridized carbons (Fsp3) is 0.417. The maximum Gasteiger partial charge on any atom is 0.339 e. The summed E-state index contributed by atoms with van der Waals surface area (Å²) in [5.74, 6) is -0.675. The second kappa shape index (κ2) is 6.36. The lowest BCUT2D eigenvalue weighted by atomic mass is 10.2. The monoisotopic (exact) mass is 305 g/mol. The largest absolute Gasteiger partial charge is 0.465 e. The number of rotatable bonds is 5. The summed E-state index contributed by atoms with van der Waals surface area (Å²) in [7, 11) is -2.46. The SMILES string of the molecule is CC[C@@H](C)NS(=O)(=O)c1ccc(Cl)c(C(=O)OC)c1. The predicted octanol–water partition coefficient (Wildman–Crippen LogP) is 2.20. The van der Waals surface area contributed by atoms with Crippen LogP contribution in [-0.2, 0) is 14.8 Å². The molecule has 1 aromatic rings. The zero-order valence-electron chi connectivity index (χ0n) is 10.9. The van der Waals surface area contributed by atoms with Gasteiger partial charge in [0.2, 0.25) is 10.0 Å². The average Bonchev–Trinajstić information content (AvgIpc) is 2.37. The Morgan fingerprint density at radius 2 is 2.11 bits per heavy atom. The number of carbonyl (C=O) groups excluding carboxylic acids is 1. The van der Waals surface area contributed by atoms with Crippen LogP contribution in [0.1, 0.15) is 30.6 Å². The number of hydrogen-bond acceptors (Lipinski definition) is 4. The minimum absolute atomic E-state index is 0.0161. The van der Waals surface area contributed by atoms with Crippen molar-refractivity contribution in [3.63, 3.8) is 0 Å². The highest BCUT2D eigenvalue weighted by molar-refractivity contribution is 7.89. The van der Waals surface area contributed by atoms with Crippen molar-refractivity contribution < 1.29 is 17.9 Å². The van der Waals surface area contributed by atoms with Crippen LogP contribution in [0.4, 0.5) is 0 Å². The molecule has 1 atom stereocenters. The molecule has 0 aromatic heterocycles. The third kappa shape index (κ3) is 3.92. The highest BCUT2D eigenvalue weighted by atomic mass is 35.5. The second-order valence-electron chi connectivity index (χ2n) is 4.06. The topological polar surface area (TPSA) is 72.5 Å². The Labute approximate surface area is 118 Å². The lowest BCUT2D eigenvalue weighted by Crippen LogP contribution is -2.32. The number of halogens is 1. The molecule has 0 aliphatic heterocycles. The van der Waals surface area contributed by atoms with Gasteiger partial charge in [-0.25, -0.2) is 17.9 Å². The van der Waals surface area contributed by atoms with Crippen LogP contribution in [0.5, 0.6) is 0 Å². The maximum atomic E-state index is 12.1. The zero-order valence-corrected chi connectivity index (χ0v) is 12.5. The van der Waals surface area contributed by atoms with Gasteiger partial charge in [0, 0.05) is 6.04 Å². The molecule has 0 spiro atoms. The number of benzene rings is 1. The number of esters is 1. The summed E-state index contributed by atoms with van der Waals surface area (Å²) in [5, 5.41) is 0.148. The summed E-state index contributed by atoms with van der Waals surface area (Å²) in [6, 6.07) is 3.72. The first-order valence-electron chi connectivity index (χ1n) is 5.72. The van der Waals surface area contributed by atoms with E-state index in [4.69, 9.17) is 11.6 Å². The third-order valence-corrected chi connectivity index (χ3v) is 4.54. The Kier molecular flexibility index (Phi) is 5.34. The van der Waals surface area contributed by atoms with E-state index in [0.29, 0.717) is 6.42 Å². The molecule has 0 unspecified atom stereocenters. The summed E-state index contributed by atoms with van der Waals surface area (Å²) < 4.78 is 31.2. The summed E-state index contributed by atoms with van der Waals surface area (Å²) in [6.45, 7) is 3.63. The Morgan fingerprint density at radius 3 is 2.63 bits per heavy atom. The molecule has 1 N–H and O–H groups in total. The van der Waals surface area contributed by atoms with Gasteiger partial charge >= 0.3 is 5.97 Å². The first-order valence-corrected chi connectivity index (χ1v) is 7.58. The standard InChI is InChI=1S/C12H16ClNO4S/c1-4-8(2)14-19(16,17)9-5-6-11(13)10(7-9)12(15)18-3/h5-8,14H,4H2,1-3H3/t8-/m1/s1. The first kappa shape index (κ1) is 15.9. The van der Waals surface area contributed by atoms with Gasteiger partial charge in [-0.2, -0.15) is 0 Å². The smallest absolute Gasteiger partial charge is 0.339 e. The van der Waals surface area contributed by atoms with Crippen LogP contribution in [0.15, 0.2) is 23.1 Å². The molecule has 0 bridgehead atoms. The minimum atomic E-state index is -3.67. The second-order valence-corrected chi connectivity index (χ2v) is 6.18. The lowest BCUT2D eigenvalue weighted by Gasteiger charge is -2.13. The van der Waals surface area contributed by atoms with Crippen molar-refractivity contribution in [2.75, 3.05) is 7.11 Å². The molecule has 0 saturated heterocycles. The van der Waals surface area contributed by atoms with Crippen molar-refractivity contribution in [1.82, 2.24) is 4.72 Å². The molecule has 5 nitrogen and oxygen atoms in total. The van der Waals surface area contributed by atoms with Crippen molar-refractivity contribution in [3.05, 3.63) is 28.8 Å². The molecule has 0 radical (unpaired) electrons. The summed E-state index contributed by atoms with van der Waals surface area (Å²) in [4.78, 5) is 11.5. The van der Waals surface area contributed by atoms with Crippen molar-refractivity contribution in [3.8, 4) is 0 Å².